The van der Waals surface area contributed by atoms with Crippen molar-refractivity contribution in [2.24, 2.45) is 5.92 Å². The third-order valence-electron chi connectivity index (χ3n) is 2.59. The van der Waals surface area contributed by atoms with E-state index in [0.717, 1.165) is 19.6 Å². The Hall–Kier alpha value is -0.0800. The molecule has 2 aliphatic heterocycles. The van der Waals surface area contributed by atoms with Crippen LogP contribution in [0, 0.1) is 5.92 Å². The SMILES string of the molecule is CC[C@H]1CO[C@H]2CCO[C@@H]12. The Morgan fingerprint density at radius 2 is 2.30 bits per heavy atom. The van der Waals surface area contributed by atoms with Gasteiger partial charge in [-0.1, -0.05) is 6.92 Å². The number of hydrogen-bond donors (Lipinski definition) is 0. The zero-order chi connectivity index (χ0) is 6.97. The van der Waals surface area contributed by atoms with Crippen molar-refractivity contribution in [3.05, 3.63) is 0 Å². The first-order valence-electron chi connectivity index (χ1n) is 4.15. The van der Waals surface area contributed by atoms with Crippen molar-refractivity contribution in [1.29, 1.82) is 0 Å². The van der Waals surface area contributed by atoms with Gasteiger partial charge in [0, 0.05) is 12.5 Å². The summed E-state index contributed by atoms with van der Waals surface area (Å²) in [5.74, 6) is 0.674. The highest BCUT2D eigenvalue weighted by Gasteiger charge is 2.40. The summed E-state index contributed by atoms with van der Waals surface area (Å²) in [4.78, 5) is 0. The van der Waals surface area contributed by atoms with Crippen molar-refractivity contribution >= 4 is 0 Å². The first-order chi connectivity index (χ1) is 4.92. The molecule has 10 heavy (non-hydrogen) atoms. The lowest BCUT2D eigenvalue weighted by Gasteiger charge is -2.12. The van der Waals surface area contributed by atoms with Crippen molar-refractivity contribution in [1.82, 2.24) is 0 Å². The highest BCUT2D eigenvalue weighted by atomic mass is 16.6. The van der Waals surface area contributed by atoms with Crippen LogP contribution in [0.2, 0.25) is 0 Å². The molecule has 2 rings (SSSR count). The predicted molar refractivity (Wildman–Crippen MR) is 37.9 cm³/mol. The molecule has 0 N–H and O–H groups in total. The molecule has 0 amide bonds. The number of hydrogen-bond acceptors (Lipinski definition) is 2. The van der Waals surface area contributed by atoms with E-state index in [1.54, 1.807) is 0 Å². The third kappa shape index (κ3) is 0.867. The third-order valence-corrected chi connectivity index (χ3v) is 2.59. The molecule has 0 aromatic carbocycles. The minimum Gasteiger partial charge on any atom is -0.375 e. The summed E-state index contributed by atoms with van der Waals surface area (Å²) in [6, 6.07) is 0. The Kier molecular flexibility index (Phi) is 1.66. The molecule has 2 aliphatic rings. The van der Waals surface area contributed by atoms with Gasteiger partial charge in [-0.05, 0) is 12.8 Å². The Morgan fingerprint density at radius 1 is 1.40 bits per heavy atom. The topological polar surface area (TPSA) is 18.5 Å². The first-order valence-corrected chi connectivity index (χ1v) is 4.15. The number of ether oxygens (including phenoxy) is 2. The summed E-state index contributed by atoms with van der Waals surface area (Å²) in [5.41, 5.74) is 0. The van der Waals surface area contributed by atoms with E-state index in [-0.39, 0.29) is 0 Å². The molecule has 2 heteroatoms. The van der Waals surface area contributed by atoms with E-state index in [2.05, 4.69) is 6.92 Å². The summed E-state index contributed by atoms with van der Waals surface area (Å²) in [5, 5.41) is 0. The zero-order valence-electron chi connectivity index (χ0n) is 6.38. The van der Waals surface area contributed by atoms with Gasteiger partial charge in [0.05, 0.1) is 18.8 Å². The molecule has 2 heterocycles. The summed E-state index contributed by atoms with van der Waals surface area (Å²) < 4.78 is 11.1. The maximum Gasteiger partial charge on any atom is 0.0887 e. The second-order valence-electron chi connectivity index (χ2n) is 3.16. The van der Waals surface area contributed by atoms with Crippen molar-refractivity contribution in [2.45, 2.75) is 32.0 Å². The van der Waals surface area contributed by atoms with Crippen LogP contribution in [0.15, 0.2) is 0 Å². The normalized spacial score (nSPS) is 45.9. The van der Waals surface area contributed by atoms with Crippen LogP contribution in [0.1, 0.15) is 19.8 Å². The summed E-state index contributed by atoms with van der Waals surface area (Å²) >= 11 is 0. The van der Waals surface area contributed by atoms with E-state index >= 15 is 0 Å². The number of fused-ring (bicyclic) bond motifs is 1. The maximum atomic E-state index is 5.56. The van der Waals surface area contributed by atoms with Gasteiger partial charge >= 0.3 is 0 Å². The molecule has 3 atom stereocenters. The molecule has 0 unspecified atom stereocenters. The van der Waals surface area contributed by atoms with Crippen molar-refractivity contribution < 1.29 is 9.47 Å². The summed E-state index contributed by atoms with van der Waals surface area (Å²) in [6.45, 7) is 4.04. The lowest BCUT2D eigenvalue weighted by atomic mass is 10.00. The van der Waals surface area contributed by atoms with Gasteiger partial charge in [0.2, 0.25) is 0 Å². The average Bonchev–Trinajstić information content (AvgIpc) is 2.44. The van der Waals surface area contributed by atoms with Crippen molar-refractivity contribution in [3.8, 4) is 0 Å². The van der Waals surface area contributed by atoms with Gasteiger partial charge in [-0.2, -0.15) is 0 Å². The Balaban J connectivity index is 2.01. The second kappa shape index (κ2) is 2.51. The summed E-state index contributed by atoms with van der Waals surface area (Å²) in [6.07, 6.45) is 3.18. The summed E-state index contributed by atoms with van der Waals surface area (Å²) in [7, 11) is 0. The fourth-order valence-electron chi connectivity index (χ4n) is 1.90. The Bertz CT molecular complexity index is 124. The van der Waals surface area contributed by atoms with Crippen molar-refractivity contribution in [3.63, 3.8) is 0 Å². The standard InChI is InChI=1S/C8H14O2/c1-2-6-5-10-7-3-4-9-8(6)7/h6-8H,2-5H2,1H3/t6-,7-,8-/m0/s1. The van der Waals surface area contributed by atoms with E-state index in [0.29, 0.717) is 18.1 Å². The van der Waals surface area contributed by atoms with Gasteiger partial charge in [-0.25, -0.2) is 0 Å². The second-order valence-corrected chi connectivity index (χ2v) is 3.16. The average molecular weight is 142 g/mol. The maximum absolute atomic E-state index is 5.56. The monoisotopic (exact) mass is 142 g/mol. The first kappa shape index (κ1) is 6.62. The molecule has 0 bridgehead atoms. The highest BCUT2D eigenvalue weighted by molar-refractivity contribution is 4.87. The molecule has 0 aromatic rings. The van der Waals surface area contributed by atoms with Gasteiger partial charge in [0.1, 0.15) is 0 Å². The smallest absolute Gasteiger partial charge is 0.0887 e. The fourth-order valence-corrected chi connectivity index (χ4v) is 1.90. The largest absolute Gasteiger partial charge is 0.375 e. The Morgan fingerprint density at radius 3 is 3.10 bits per heavy atom. The molecule has 2 nitrogen and oxygen atoms in total. The van der Waals surface area contributed by atoms with Gasteiger partial charge in [0.15, 0.2) is 0 Å². The Labute approximate surface area is 61.5 Å². The molecule has 0 aliphatic carbocycles. The van der Waals surface area contributed by atoms with E-state index in [9.17, 15) is 0 Å². The molecule has 0 aromatic heterocycles. The number of rotatable bonds is 1. The van der Waals surface area contributed by atoms with Crippen LogP contribution >= 0.6 is 0 Å². The molecule has 0 saturated carbocycles. The predicted octanol–water partition coefficient (Wildman–Crippen LogP) is 1.20. The molecule has 2 saturated heterocycles. The van der Waals surface area contributed by atoms with Crippen molar-refractivity contribution in [2.75, 3.05) is 13.2 Å². The molecule has 2 fully saturated rings. The minimum atomic E-state index is 0.435. The van der Waals surface area contributed by atoms with Gasteiger partial charge in [-0.3, -0.25) is 0 Å². The van der Waals surface area contributed by atoms with Crippen LogP contribution in [0.5, 0.6) is 0 Å². The van der Waals surface area contributed by atoms with Gasteiger partial charge in [-0.15, -0.1) is 0 Å². The van der Waals surface area contributed by atoms with Crippen LogP contribution in [-0.2, 0) is 9.47 Å². The van der Waals surface area contributed by atoms with Gasteiger partial charge < -0.3 is 9.47 Å². The van der Waals surface area contributed by atoms with Crippen LogP contribution in [0.25, 0.3) is 0 Å². The van der Waals surface area contributed by atoms with E-state index in [1.807, 2.05) is 0 Å². The molecule has 0 spiro atoms. The van der Waals surface area contributed by atoms with Crippen LogP contribution < -0.4 is 0 Å². The lowest BCUT2D eigenvalue weighted by Crippen LogP contribution is -2.21. The van der Waals surface area contributed by atoms with Crippen LogP contribution in [-0.4, -0.2) is 25.4 Å². The molecular formula is C8H14O2. The molecular weight excluding hydrogens is 128 g/mol. The quantitative estimate of drug-likeness (QED) is 0.547. The van der Waals surface area contributed by atoms with E-state index in [4.69, 9.17) is 9.47 Å². The fraction of sp³-hybridized carbons (Fsp3) is 1.00. The van der Waals surface area contributed by atoms with E-state index < -0.39 is 0 Å². The van der Waals surface area contributed by atoms with Crippen LogP contribution in [0.4, 0.5) is 0 Å². The zero-order valence-corrected chi connectivity index (χ0v) is 6.38. The van der Waals surface area contributed by atoms with Crippen LogP contribution in [0.3, 0.4) is 0 Å². The molecule has 58 valence electrons. The minimum absolute atomic E-state index is 0.435. The molecule has 0 radical (unpaired) electrons. The van der Waals surface area contributed by atoms with Gasteiger partial charge in [0.25, 0.3) is 0 Å². The van der Waals surface area contributed by atoms with E-state index in [1.165, 1.54) is 6.42 Å². The lowest BCUT2D eigenvalue weighted by molar-refractivity contribution is 0.0630. The highest BCUT2D eigenvalue weighted by Crippen LogP contribution is 2.32.